The van der Waals surface area contributed by atoms with E-state index in [1.807, 2.05) is 0 Å². The first kappa shape index (κ1) is 19.8. The zero-order valence-electron chi connectivity index (χ0n) is 14.2. The second-order valence-corrected chi connectivity index (χ2v) is 5.31. The van der Waals surface area contributed by atoms with Gasteiger partial charge in [0.05, 0.1) is 17.6 Å². The van der Waals surface area contributed by atoms with Crippen LogP contribution < -0.4 is 10.1 Å². The van der Waals surface area contributed by atoms with Gasteiger partial charge in [0.15, 0.2) is 23.5 Å². The van der Waals surface area contributed by atoms with Gasteiger partial charge in [0.1, 0.15) is 0 Å². The Hall–Kier alpha value is -3.56. The monoisotopic (exact) mass is 380 g/mol. The third-order valence-electron chi connectivity index (χ3n) is 3.44. The number of methoxy groups -OCH3 is 1. The Morgan fingerprint density at radius 2 is 1.85 bits per heavy atom. The maximum absolute atomic E-state index is 13.2. The molecule has 10 heteroatoms. The van der Waals surface area contributed by atoms with E-state index in [4.69, 9.17) is 4.74 Å². The molecule has 0 bridgehead atoms. The summed E-state index contributed by atoms with van der Waals surface area (Å²) in [6.45, 7) is 1.31. The first-order chi connectivity index (χ1) is 12.7. The van der Waals surface area contributed by atoms with E-state index in [0.29, 0.717) is 0 Å². The average molecular weight is 380 g/mol. The van der Waals surface area contributed by atoms with Crippen molar-refractivity contribution in [3.8, 4) is 5.75 Å². The minimum atomic E-state index is -1.21. The molecule has 8 nitrogen and oxygen atoms in total. The number of nitro benzene ring substituents is 1. The minimum absolute atomic E-state index is 0.00936. The molecule has 142 valence electrons. The van der Waals surface area contributed by atoms with E-state index in [0.717, 1.165) is 37.4 Å². The molecule has 0 heterocycles. The van der Waals surface area contributed by atoms with Crippen molar-refractivity contribution in [1.29, 1.82) is 0 Å². The summed E-state index contributed by atoms with van der Waals surface area (Å²) in [4.78, 5) is 34.0. The van der Waals surface area contributed by atoms with Crippen LogP contribution in [0, 0.1) is 21.7 Å². The van der Waals surface area contributed by atoms with Gasteiger partial charge in [-0.3, -0.25) is 14.9 Å². The van der Waals surface area contributed by atoms with Gasteiger partial charge in [-0.25, -0.2) is 13.6 Å². The van der Waals surface area contributed by atoms with Crippen molar-refractivity contribution in [2.24, 2.45) is 0 Å². The van der Waals surface area contributed by atoms with Gasteiger partial charge >= 0.3 is 11.7 Å². The molecule has 0 fully saturated rings. The van der Waals surface area contributed by atoms with Crippen LogP contribution in [0.15, 0.2) is 36.4 Å². The summed E-state index contributed by atoms with van der Waals surface area (Å²) in [5.74, 6) is -3.98. The number of hydrogen-bond donors (Lipinski definition) is 1. The molecule has 0 aliphatic rings. The van der Waals surface area contributed by atoms with Crippen molar-refractivity contribution in [1.82, 2.24) is 0 Å². The van der Waals surface area contributed by atoms with Crippen LogP contribution >= 0.6 is 0 Å². The molecule has 27 heavy (non-hydrogen) atoms. The van der Waals surface area contributed by atoms with Gasteiger partial charge in [0.2, 0.25) is 0 Å². The number of anilines is 1. The van der Waals surface area contributed by atoms with Crippen molar-refractivity contribution in [3.05, 3.63) is 63.7 Å². The SMILES string of the molecule is COC(=O)c1ccc(O[C@H](C)C(=O)Nc2ccc(F)c(F)c2)c([N+](=O)[O-])c1. The topological polar surface area (TPSA) is 108 Å². The van der Waals surface area contributed by atoms with Crippen LogP contribution in [0.1, 0.15) is 17.3 Å². The van der Waals surface area contributed by atoms with Gasteiger partial charge in [-0.2, -0.15) is 0 Å². The second kappa shape index (κ2) is 8.21. The van der Waals surface area contributed by atoms with Crippen molar-refractivity contribution in [2.45, 2.75) is 13.0 Å². The van der Waals surface area contributed by atoms with E-state index >= 15 is 0 Å². The van der Waals surface area contributed by atoms with E-state index in [1.165, 1.54) is 13.0 Å². The Morgan fingerprint density at radius 1 is 1.15 bits per heavy atom. The summed E-state index contributed by atoms with van der Waals surface area (Å²) in [5, 5.41) is 13.5. The summed E-state index contributed by atoms with van der Waals surface area (Å²) < 4.78 is 35.9. The Bertz CT molecular complexity index is 903. The van der Waals surface area contributed by atoms with Gasteiger partial charge in [-0.1, -0.05) is 0 Å². The molecule has 0 radical (unpaired) electrons. The van der Waals surface area contributed by atoms with Crippen molar-refractivity contribution < 1.29 is 32.8 Å². The number of esters is 1. The summed E-state index contributed by atoms with van der Waals surface area (Å²) in [7, 11) is 1.13. The Morgan fingerprint density at radius 3 is 2.44 bits per heavy atom. The highest BCUT2D eigenvalue weighted by Gasteiger charge is 2.23. The highest BCUT2D eigenvalue weighted by atomic mass is 19.2. The van der Waals surface area contributed by atoms with Gasteiger partial charge in [0, 0.05) is 17.8 Å². The second-order valence-electron chi connectivity index (χ2n) is 5.31. The number of carbonyl (C=O) groups excluding carboxylic acids is 2. The summed E-state index contributed by atoms with van der Waals surface area (Å²) in [6.07, 6.45) is -1.21. The third kappa shape index (κ3) is 4.75. The summed E-state index contributed by atoms with van der Waals surface area (Å²) in [6, 6.07) is 6.14. The molecule has 0 spiro atoms. The third-order valence-corrected chi connectivity index (χ3v) is 3.44. The lowest BCUT2D eigenvalue weighted by Gasteiger charge is -2.15. The van der Waals surface area contributed by atoms with Crippen molar-refractivity contribution in [3.63, 3.8) is 0 Å². The molecule has 1 N–H and O–H groups in total. The van der Waals surface area contributed by atoms with Crippen LogP contribution in [0.5, 0.6) is 5.75 Å². The largest absolute Gasteiger partial charge is 0.474 e. The molecule has 2 aromatic rings. The van der Waals surface area contributed by atoms with Gasteiger partial charge in [-0.05, 0) is 31.2 Å². The highest BCUT2D eigenvalue weighted by Crippen LogP contribution is 2.29. The lowest BCUT2D eigenvalue weighted by molar-refractivity contribution is -0.386. The van der Waals surface area contributed by atoms with E-state index in [1.54, 1.807) is 0 Å². The van der Waals surface area contributed by atoms with Crippen LogP contribution in [-0.4, -0.2) is 30.0 Å². The number of nitrogens with one attached hydrogen (secondary N) is 1. The first-order valence-electron chi connectivity index (χ1n) is 7.52. The van der Waals surface area contributed by atoms with Crippen molar-refractivity contribution in [2.75, 3.05) is 12.4 Å². The van der Waals surface area contributed by atoms with Gasteiger partial charge in [0.25, 0.3) is 5.91 Å². The quantitative estimate of drug-likeness (QED) is 0.469. The number of halogens is 2. The fourth-order valence-electron chi connectivity index (χ4n) is 2.07. The zero-order chi connectivity index (χ0) is 20.1. The van der Waals surface area contributed by atoms with Crippen LogP contribution in [0.4, 0.5) is 20.2 Å². The van der Waals surface area contributed by atoms with Crippen LogP contribution in [0.2, 0.25) is 0 Å². The molecule has 0 saturated carbocycles. The number of nitrogens with zero attached hydrogens (tertiary/aromatic N) is 1. The standard InChI is InChI=1S/C17H14F2N2O6/c1-9(16(22)20-11-4-5-12(18)13(19)8-11)27-15-6-3-10(17(23)26-2)7-14(15)21(24)25/h3-9H,1-2H3,(H,20,22)/t9-/m1/s1. The van der Waals surface area contributed by atoms with E-state index < -0.39 is 40.2 Å². The summed E-state index contributed by atoms with van der Waals surface area (Å²) in [5.41, 5.74) is -0.606. The zero-order valence-corrected chi connectivity index (χ0v) is 14.2. The number of ether oxygens (including phenoxy) is 2. The Balaban J connectivity index is 2.17. The molecule has 0 unspecified atom stereocenters. The molecular formula is C17H14F2N2O6. The predicted molar refractivity (Wildman–Crippen MR) is 89.5 cm³/mol. The number of nitro groups is 1. The van der Waals surface area contributed by atoms with Gasteiger partial charge < -0.3 is 14.8 Å². The number of rotatable bonds is 6. The molecular weight excluding hydrogens is 366 g/mol. The normalized spacial score (nSPS) is 11.4. The lowest BCUT2D eigenvalue weighted by atomic mass is 10.2. The highest BCUT2D eigenvalue weighted by molar-refractivity contribution is 5.94. The molecule has 2 rings (SSSR count). The minimum Gasteiger partial charge on any atom is -0.474 e. The fourth-order valence-corrected chi connectivity index (χ4v) is 2.07. The van der Waals surface area contributed by atoms with Crippen LogP contribution in [-0.2, 0) is 9.53 Å². The molecule has 1 amide bonds. The lowest BCUT2D eigenvalue weighted by Crippen LogP contribution is -2.30. The molecule has 1 atom stereocenters. The van der Waals surface area contributed by atoms with E-state index in [9.17, 15) is 28.5 Å². The molecule has 2 aromatic carbocycles. The molecule has 0 aliphatic heterocycles. The maximum Gasteiger partial charge on any atom is 0.338 e. The van der Waals surface area contributed by atoms with E-state index in [2.05, 4.69) is 10.1 Å². The van der Waals surface area contributed by atoms with E-state index in [-0.39, 0.29) is 17.0 Å². The fraction of sp³-hybridized carbons (Fsp3) is 0.176. The molecule has 0 saturated heterocycles. The average Bonchev–Trinajstić information content (AvgIpc) is 2.64. The van der Waals surface area contributed by atoms with Crippen LogP contribution in [0.25, 0.3) is 0 Å². The number of carbonyl (C=O) groups is 2. The predicted octanol–water partition coefficient (Wildman–Crippen LogP) is 3.07. The first-order valence-corrected chi connectivity index (χ1v) is 7.52. The Kier molecular flexibility index (Phi) is 6.01. The maximum atomic E-state index is 13.2. The number of hydrogen-bond acceptors (Lipinski definition) is 6. The Labute approximate surface area is 151 Å². The summed E-state index contributed by atoms with van der Waals surface area (Å²) >= 11 is 0. The smallest absolute Gasteiger partial charge is 0.338 e. The van der Waals surface area contributed by atoms with Crippen LogP contribution in [0.3, 0.4) is 0 Å². The van der Waals surface area contributed by atoms with Gasteiger partial charge in [-0.15, -0.1) is 0 Å². The molecule has 0 aliphatic carbocycles. The van der Waals surface area contributed by atoms with Crippen molar-refractivity contribution >= 4 is 23.3 Å². The number of benzene rings is 2. The number of amides is 1. The molecule has 0 aromatic heterocycles.